The van der Waals surface area contributed by atoms with Crippen LogP contribution in [0.4, 0.5) is 5.82 Å². The van der Waals surface area contributed by atoms with E-state index in [0.717, 1.165) is 17.8 Å². The van der Waals surface area contributed by atoms with Gasteiger partial charge in [-0.05, 0) is 37.5 Å². The van der Waals surface area contributed by atoms with Crippen LogP contribution in [0.25, 0.3) is 0 Å². The number of halogens is 2. The van der Waals surface area contributed by atoms with Crippen LogP contribution in [0.2, 0.25) is 10.0 Å². The Hall–Kier alpha value is -2.51. The fourth-order valence-electron chi connectivity index (χ4n) is 3.93. The number of benzene rings is 1. The van der Waals surface area contributed by atoms with Gasteiger partial charge in [0.05, 0.1) is 21.8 Å². The van der Waals surface area contributed by atoms with E-state index < -0.39 is 18.0 Å². The van der Waals surface area contributed by atoms with Gasteiger partial charge in [-0.15, -0.1) is 0 Å². The van der Waals surface area contributed by atoms with E-state index in [0.29, 0.717) is 34.3 Å². The van der Waals surface area contributed by atoms with Crippen LogP contribution in [-0.2, 0) is 9.59 Å². The van der Waals surface area contributed by atoms with Crippen molar-refractivity contribution in [1.82, 2.24) is 14.7 Å². The Balaban J connectivity index is 1.82. The van der Waals surface area contributed by atoms with E-state index in [1.165, 1.54) is 0 Å². The number of hydrogen-bond donors (Lipinski definition) is 2. The molecule has 2 atom stereocenters. The molecule has 2 aliphatic heterocycles. The van der Waals surface area contributed by atoms with Crippen molar-refractivity contribution in [3.05, 3.63) is 57.3 Å². The molecule has 0 bridgehead atoms. The number of primary amides is 1. The van der Waals surface area contributed by atoms with Gasteiger partial charge in [-0.3, -0.25) is 9.59 Å². The van der Waals surface area contributed by atoms with Gasteiger partial charge in [0.25, 0.3) is 5.91 Å². The molecule has 1 fully saturated rings. The monoisotopic (exact) mass is 419 g/mol. The second-order valence-electron chi connectivity index (χ2n) is 6.96. The second kappa shape index (κ2) is 7.14. The minimum atomic E-state index is -0.596. The number of likely N-dealkylation sites (tertiary alicyclic amines) is 1. The first-order valence-corrected chi connectivity index (χ1v) is 9.70. The van der Waals surface area contributed by atoms with E-state index in [4.69, 9.17) is 28.9 Å². The molecule has 0 spiro atoms. The molecule has 2 amide bonds. The highest BCUT2D eigenvalue weighted by Crippen LogP contribution is 2.39. The van der Waals surface area contributed by atoms with Gasteiger partial charge in [0.1, 0.15) is 17.9 Å². The van der Waals surface area contributed by atoms with Gasteiger partial charge in [-0.2, -0.15) is 5.10 Å². The summed E-state index contributed by atoms with van der Waals surface area (Å²) in [4.78, 5) is 26.9. The van der Waals surface area contributed by atoms with Gasteiger partial charge in [0.15, 0.2) is 0 Å². The van der Waals surface area contributed by atoms with Gasteiger partial charge in [-0.25, -0.2) is 4.68 Å². The van der Waals surface area contributed by atoms with Crippen LogP contribution in [0.15, 0.2) is 41.7 Å². The number of nitrogens with zero attached hydrogens (tertiary/aromatic N) is 3. The van der Waals surface area contributed by atoms with Gasteiger partial charge in [-0.1, -0.05) is 29.3 Å². The van der Waals surface area contributed by atoms with E-state index >= 15 is 0 Å². The molecule has 0 radical (unpaired) electrons. The minimum absolute atomic E-state index is 0.233. The Morgan fingerprint density at radius 1 is 1.25 bits per heavy atom. The SMILES string of the molecule is CC1=C(C(=O)N2CCC[C@H]2C(N)=O)C(c2ccc(Cl)c(Cl)c2)n2nccc2N1. The number of nitrogens with one attached hydrogen (secondary N) is 1. The Labute approximate surface area is 172 Å². The molecule has 146 valence electrons. The molecule has 3 N–H and O–H groups in total. The first kappa shape index (κ1) is 18.8. The summed E-state index contributed by atoms with van der Waals surface area (Å²) in [5.74, 6) is 0.0419. The molecular formula is C19H19Cl2N5O2. The molecule has 1 aromatic carbocycles. The molecule has 2 aromatic rings. The highest BCUT2D eigenvalue weighted by molar-refractivity contribution is 6.42. The van der Waals surface area contributed by atoms with Crippen LogP contribution >= 0.6 is 23.2 Å². The van der Waals surface area contributed by atoms with Crippen molar-refractivity contribution in [1.29, 1.82) is 0 Å². The standard InChI is InChI=1S/C19H19Cl2N5O2/c1-10-16(19(28)25-8-2-3-14(25)18(22)27)17(26-15(24-10)6-7-23-26)11-4-5-12(20)13(21)9-11/h4-7,9,14,17,24H,2-3,8H2,1H3,(H2,22,27)/t14-,17?/m0/s1. The van der Waals surface area contributed by atoms with E-state index in [2.05, 4.69) is 10.4 Å². The number of hydrogen-bond acceptors (Lipinski definition) is 4. The Kier molecular flexibility index (Phi) is 4.81. The minimum Gasteiger partial charge on any atom is -0.368 e. The maximum absolute atomic E-state index is 13.5. The summed E-state index contributed by atoms with van der Waals surface area (Å²) in [6, 6.07) is 6.00. The van der Waals surface area contributed by atoms with Crippen LogP contribution < -0.4 is 11.1 Å². The van der Waals surface area contributed by atoms with E-state index in [1.807, 2.05) is 19.1 Å². The molecular weight excluding hydrogens is 401 g/mol. The summed E-state index contributed by atoms with van der Waals surface area (Å²) in [6.45, 7) is 2.33. The summed E-state index contributed by atoms with van der Waals surface area (Å²) >= 11 is 12.3. The second-order valence-corrected chi connectivity index (χ2v) is 7.77. The summed E-state index contributed by atoms with van der Waals surface area (Å²) < 4.78 is 1.73. The van der Waals surface area contributed by atoms with E-state index in [9.17, 15) is 9.59 Å². The predicted molar refractivity (Wildman–Crippen MR) is 107 cm³/mol. The third-order valence-electron chi connectivity index (χ3n) is 5.24. The lowest BCUT2D eigenvalue weighted by molar-refractivity contribution is -0.134. The van der Waals surface area contributed by atoms with Crippen LogP contribution in [0, 0.1) is 0 Å². The average molecular weight is 420 g/mol. The lowest BCUT2D eigenvalue weighted by atomic mass is 9.94. The van der Waals surface area contributed by atoms with Crippen LogP contribution in [0.5, 0.6) is 0 Å². The van der Waals surface area contributed by atoms with E-state index in [1.54, 1.807) is 27.9 Å². The highest BCUT2D eigenvalue weighted by atomic mass is 35.5. The molecule has 2 aliphatic rings. The fourth-order valence-corrected chi connectivity index (χ4v) is 4.24. The summed E-state index contributed by atoms with van der Waals surface area (Å²) in [5.41, 5.74) is 7.50. The van der Waals surface area contributed by atoms with Crippen molar-refractivity contribution in [2.24, 2.45) is 5.73 Å². The number of anilines is 1. The normalized spacial score (nSPS) is 21.5. The molecule has 9 heteroatoms. The van der Waals surface area contributed by atoms with Gasteiger partial charge < -0.3 is 16.0 Å². The third-order valence-corrected chi connectivity index (χ3v) is 5.98. The highest BCUT2D eigenvalue weighted by Gasteiger charge is 2.40. The molecule has 0 aliphatic carbocycles. The molecule has 7 nitrogen and oxygen atoms in total. The molecule has 1 saturated heterocycles. The summed E-state index contributed by atoms with van der Waals surface area (Å²) in [5, 5.41) is 8.45. The zero-order valence-corrected chi connectivity index (χ0v) is 16.7. The van der Waals surface area contributed by atoms with Crippen LogP contribution in [0.1, 0.15) is 31.4 Å². The van der Waals surface area contributed by atoms with Crippen molar-refractivity contribution in [3.63, 3.8) is 0 Å². The summed E-state index contributed by atoms with van der Waals surface area (Å²) in [7, 11) is 0. The third kappa shape index (κ3) is 3.04. The van der Waals surface area contributed by atoms with Gasteiger partial charge in [0.2, 0.25) is 5.91 Å². The molecule has 4 rings (SSSR count). The lowest BCUT2D eigenvalue weighted by Gasteiger charge is -2.33. The van der Waals surface area contributed by atoms with Gasteiger partial charge in [0, 0.05) is 18.3 Å². The Bertz CT molecular complexity index is 1000. The van der Waals surface area contributed by atoms with Crippen molar-refractivity contribution in [3.8, 4) is 0 Å². The summed E-state index contributed by atoms with van der Waals surface area (Å²) in [6.07, 6.45) is 2.98. The first-order chi connectivity index (χ1) is 13.4. The number of carbonyl (C=O) groups excluding carboxylic acids is 2. The largest absolute Gasteiger partial charge is 0.368 e. The average Bonchev–Trinajstić information content (AvgIpc) is 3.31. The van der Waals surface area contributed by atoms with Crippen molar-refractivity contribution in [2.75, 3.05) is 11.9 Å². The van der Waals surface area contributed by atoms with Crippen molar-refractivity contribution >= 4 is 40.8 Å². The Morgan fingerprint density at radius 3 is 2.75 bits per heavy atom. The molecule has 1 aromatic heterocycles. The van der Waals surface area contributed by atoms with Crippen LogP contribution in [-0.4, -0.2) is 39.1 Å². The zero-order chi connectivity index (χ0) is 20.0. The number of aromatic nitrogens is 2. The maximum atomic E-state index is 13.5. The first-order valence-electron chi connectivity index (χ1n) is 8.95. The van der Waals surface area contributed by atoms with E-state index in [-0.39, 0.29) is 5.91 Å². The Morgan fingerprint density at radius 2 is 2.04 bits per heavy atom. The zero-order valence-electron chi connectivity index (χ0n) is 15.2. The predicted octanol–water partition coefficient (Wildman–Crippen LogP) is 2.96. The topological polar surface area (TPSA) is 93.2 Å². The van der Waals surface area contributed by atoms with Crippen molar-refractivity contribution < 1.29 is 9.59 Å². The number of nitrogens with two attached hydrogens (primary N) is 1. The lowest BCUT2D eigenvalue weighted by Crippen LogP contribution is -2.46. The molecule has 28 heavy (non-hydrogen) atoms. The van der Waals surface area contributed by atoms with Gasteiger partial charge >= 0.3 is 0 Å². The van der Waals surface area contributed by atoms with Crippen LogP contribution in [0.3, 0.4) is 0 Å². The quantitative estimate of drug-likeness (QED) is 0.799. The van der Waals surface area contributed by atoms with Crippen molar-refractivity contribution in [2.45, 2.75) is 31.8 Å². The maximum Gasteiger partial charge on any atom is 0.254 e. The smallest absolute Gasteiger partial charge is 0.254 e. The number of amides is 2. The number of carbonyl (C=O) groups is 2. The number of allylic oxidation sites excluding steroid dienone is 1. The molecule has 0 saturated carbocycles. The number of fused-ring (bicyclic) bond motifs is 1. The number of rotatable bonds is 3. The molecule has 3 heterocycles. The molecule has 1 unspecified atom stereocenters. The fraction of sp³-hybridized carbons (Fsp3) is 0.316.